The Morgan fingerprint density at radius 1 is 1.47 bits per heavy atom. The number of carbonyl (C=O) groups is 1. The molecule has 100 valence electrons. The zero-order chi connectivity index (χ0) is 13.3. The van der Waals surface area contributed by atoms with Gasteiger partial charge in [0.2, 0.25) is 5.91 Å². The molecule has 1 atom stereocenters. The number of piperazine rings is 1. The van der Waals surface area contributed by atoms with Crippen LogP contribution in [0.25, 0.3) is 0 Å². The maximum atomic E-state index is 12.1. The molecule has 0 aliphatic carbocycles. The first-order chi connectivity index (χ1) is 7.63. The standard InChI is InChI=1S/C9H20N4O3S/c1-9(2,3)12-17(15,16)13-5-4-11-6-7(13)8(10)14/h7,11-12H,4-6H2,1-3H3,(H2,10,14). The van der Waals surface area contributed by atoms with E-state index in [1.165, 1.54) is 0 Å². The van der Waals surface area contributed by atoms with Crippen LogP contribution in [-0.2, 0) is 15.0 Å². The summed E-state index contributed by atoms with van der Waals surface area (Å²) >= 11 is 0. The SMILES string of the molecule is CC(C)(C)NS(=O)(=O)N1CCNCC1C(N)=O. The van der Waals surface area contributed by atoms with Crippen molar-refractivity contribution in [2.24, 2.45) is 5.73 Å². The van der Waals surface area contributed by atoms with Crippen LogP contribution in [0.2, 0.25) is 0 Å². The van der Waals surface area contributed by atoms with E-state index in [9.17, 15) is 13.2 Å². The molecule has 0 aromatic carbocycles. The Morgan fingerprint density at radius 3 is 2.53 bits per heavy atom. The maximum absolute atomic E-state index is 12.1. The molecule has 4 N–H and O–H groups in total. The van der Waals surface area contributed by atoms with Crippen LogP contribution in [0.4, 0.5) is 0 Å². The predicted molar refractivity (Wildman–Crippen MR) is 64.4 cm³/mol. The minimum absolute atomic E-state index is 0.235. The van der Waals surface area contributed by atoms with E-state index in [0.717, 1.165) is 4.31 Å². The molecule has 1 heterocycles. The summed E-state index contributed by atoms with van der Waals surface area (Å²) in [6.45, 7) is 6.22. The Morgan fingerprint density at radius 2 is 2.06 bits per heavy atom. The van der Waals surface area contributed by atoms with Crippen molar-refractivity contribution in [2.45, 2.75) is 32.4 Å². The largest absolute Gasteiger partial charge is 0.368 e. The average molecular weight is 264 g/mol. The van der Waals surface area contributed by atoms with E-state index >= 15 is 0 Å². The van der Waals surface area contributed by atoms with E-state index in [1.807, 2.05) is 0 Å². The third-order valence-corrected chi connectivity index (χ3v) is 4.19. The first-order valence-electron chi connectivity index (χ1n) is 5.44. The van der Waals surface area contributed by atoms with E-state index in [4.69, 9.17) is 5.73 Å². The summed E-state index contributed by atoms with van der Waals surface area (Å²) in [5.74, 6) is -0.642. The summed E-state index contributed by atoms with van der Waals surface area (Å²) in [5.41, 5.74) is 4.61. The number of amides is 1. The van der Waals surface area contributed by atoms with Crippen molar-refractivity contribution in [2.75, 3.05) is 19.6 Å². The van der Waals surface area contributed by atoms with E-state index < -0.39 is 27.7 Å². The molecule has 0 aromatic rings. The quantitative estimate of drug-likeness (QED) is 0.569. The van der Waals surface area contributed by atoms with Crippen LogP contribution in [0, 0.1) is 0 Å². The van der Waals surface area contributed by atoms with Gasteiger partial charge >= 0.3 is 0 Å². The van der Waals surface area contributed by atoms with Crippen LogP contribution in [0.5, 0.6) is 0 Å². The van der Waals surface area contributed by atoms with Crippen LogP contribution >= 0.6 is 0 Å². The van der Waals surface area contributed by atoms with Gasteiger partial charge in [-0.05, 0) is 20.8 Å². The van der Waals surface area contributed by atoms with Crippen molar-refractivity contribution >= 4 is 16.1 Å². The molecule has 1 fully saturated rings. The zero-order valence-corrected chi connectivity index (χ0v) is 11.2. The third-order valence-electron chi connectivity index (χ3n) is 2.27. The number of nitrogens with one attached hydrogen (secondary N) is 2. The van der Waals surface area contributed by atoms with Crippen LogP contribution in [-0.4, -0.2) is 49.8 Å². The van der Waals surface area contributed by atoms with Gasteiger partial charge in [-0.2, -0.15) is 17.4 Å². The molecule has 17 heavy (non-hydrogen) atoms. The molecule has 1 saturated heterocycles. The summed E-state index contributed by atoms with van der Waals surface area (Å²) in [4.78, 5) is 11.2. The Labute approximate surface area is 102 Å². The molecular weight excluding hydrogens is 244 g/mol. The molecule has 0 aromatic heterocycles. The first kappa shape index (κ1) is 14.4. The summed E-state index contributed by atoms with van der Waals surface area (Å²) in [5, 5.41) is 2.95. The van der Waals surface area contributed by atoms with Gasteiger partial charge in [-0.15, -0.1) is 0 Å². The number of rotatable bonds is 3. The molecule has 1 rings (SSSR count). The lowest BCUT2D eigenvalue weighted by Gasteiger charge is -2.35. The highest BCUT2D eigenvalue weighted by molar-refractivity contribution is 7.87. The highest BCUT2D eigenvalue weighted by atomic mass is 32.2. The molecular formula is C9H20N4O3S. The van der Waals surface area contributed by atoms with Crippen molar-refractivity contribution in [3.8, 4) is 0 Å². The Balaban J connectivity index is 2.91. The monoisotopic (exact) mass is 264 g/mol. The van der Waals surface area contributed by atoms with Crippen molar-refractivity contribution in [3.05, 3.63) is 0 Å². The number of primary amides is 1. The van der Waals surface area contributed by atoms with Crippen molar-refractivity contribution in [1.82, 2.24) is 14.3 Å². The second-order valence-electron chi connectivity index (χ2n) is 5.09. The van der Waals surface area contributed by atoms with Crippen LogP contribution in [0.15, 0.2) is 0 Å². The van der Waals surface area contributed by atoms with Crippen molar-refractivity contribution in [1.29, 1.82) is 0 Å². The van der Waals surface area contributed by atoms with Gasteiger partial charge in [-0.25, -0.2) is 0 Å². The third kappa shape index (κ3) is 3.91. The number of hydrogen-bond acceptors (Lipinski definition) is 4. The molecule has 1 aliphatic rings. The van der Waals surface area contributed by atoms with Gasteiger partial charge in [0.1, 0.15) is 6.04 Å². The molecule has 8 heteroatoms. The minimum atomic E-state index is -3.69. The predicted octanol–water partition coefficient (Wildman–Crippen LogP) is -1.62. The normalized spacial score (nSPS) is 23.6. The summed E-state index contributed by atoms with van der Waals surface area (Å²) in [6, 6.07) is -0.830. The van der Waals surface area contributed by atoms with Crippen LogP contribution in [0.1, 0.15) is 20.8 Å². The fraction of sp³-hybridized carbons (Fsp3) is 0.889. The van der Waals surface area contributed by atoms with Gasteiger partial charge in [0, 0.05) is 25.2 Å². The lowest BCUT2D eigenvalue weighted by atomic mass is 10.1. The average Bonchev–Trinajstić information content (AvgIpc) is 2.14. The van der Waals surface area contributed by atoms with Crippen molar-refractivity contribution < 1.29 is 13.2 Å². The topological polar surface area (TPSA) is 105 Å². The molecule has 0 radical (unpaired) electrons. The van der Waals surface area contributed by atoms with E-state index in [-0.39, 0.29) is 13.1 Å². The molecule has 0 spiro atoms. The summed E-state index contributed by atoms with van der Waals surface area (Å²) < 4.78 is 27.8. The highest BCUT2D eigenvalue weighted by Crippen LogP contribution is 2.11. The van der Waals surface area contributed by atoms with Crippen LogP contribution < -0.4 is 15.8 Å². The Kier molecular flexibility index (Phi) is 4.13. The Hall–Kier alpha value is -0.700. The zero-order valence-electron chi connectivity index (χ0n) is 10.4. The van der Waals surface area contributed by atoms with Gasteiger partial charge in [0.25, 0.3) is 10.2 Å². The van der Waals surface area contributed by atoms with Gasteiger partial charge in [0.15, 0.2) is 0 Å². The highest BCUT2D eigenvalue weighted by Gasteiger charge is 2.37. The van der Waals surface area contributed by atoms with Gasteiger partial charge in [-0.3, -0.25) is 4.79 Å². The van der Waals surface area contributed by atoms with Crippen LogP contribution in [0.3, 0.4) is 0 Å². The smallest absolute Gasteiger partial charge is 0.280 e. The second-order valence-corrected chi connectivity index (χ2v) is 6.71. The first-order valence-corrected chi connectivity index (χ1v) is 6.88. The van der Waals surface area contributed by atoms with Gasteiger partial charge < -0.3 is 11.1 Å². The lowest BCUT2D eigenvalue weighted by molar-refractivity contribution is -0.122. The van der Waals surface area contributed by atoms with E-state index in [2.05, 4.69) is 10.0 Å². The minimum Gasteiger partial charge on any atom is -0.368 e. The molecule has 7 nitrogen and oxygen atoms in total. The van der Waals surface area contributed by atoms with Gasteiger partial charge in [-0.1, -0.05) is 0 Å². The second kappa shape index (κ2) is 4.89. The summed E-state index contributed by atoms with van der Waals surface area (Å²) in [6.07, 6.45) is 0. The number of carbonyl (C=O) groups excluding carboxylic acids is 1. The molecule has 0 bridgehead atoms. The van der Waals surface area contributed by atoms with Gasteiger partial charge in [0.05, 0.1) is 0 Å². The number of nitrogens with zero attached hydrogens (tertiary/aromatic N) is 1. The number of nitrogens with two attached hydrogens (primary N) is 1. The fourth-order valence-electron chi connectivity index (χ4n) is 1.66. The molecule has 1 unspecified atom stereocenters. The number of hydrogen-bond donors (Lipinski definition) is 3. The van der Waals surface area contributed by atoms with E-state index in [1.54, 1.807) is 20.8 Å². The molecule has 1 aliphatic heterocycles. The molecule has 0 saturated carbocycles. The Bertz CT molecular complexity index is 388. The maximum Gasteiger partial charge on any atom is 0.280 e. The molecule has 1 amide bonds. The summed E-state index contributed by atoms with van der Waals surface area (Å²) in [7, 11) is -3.69. The van der Waals surface area contributed by atoms with E-state index in [0.29, 0.717) is 6.54 Å². The fourth-order valence-corrected chi connectivity index (χ4v) is 3.40. The lowest BCUT2D eigenvalue weighted by Crippen LogP contribution is -2.62. The van der Waals surface area contributed by atoms with Crippen molar-refractivity contribution in [3.63, 3.8) is 0 Å².